The van der Waals surface area contributed by atoms with Crippen LogP contribution in [0.2, 0.25) is 0 Å². The lowest BCUT2D eigenvalue weighted by atomic mass is 10.1. The quantitative estimate of drug-likeness (QED) is 0.442. The predicted octanol–water partition coefficient (Wildman–Crippen LogP) is 5.45. The third-order valence-electron chi connectivity index (χ3n) is 2.87. The molecule has 0 aliphatic carbocycles. The second-order valence-corrected chi connectivity index (χ2v) is 4.57. The average Bonchev–Trinajstić information content (AvgIpc) is 2.29. The van der Waals surface area contributed by atoms with Crippen LogP contribution in [0.5, 0.6) is 0 Å². The van der Waals surface area contributed by atoms with E-state index in [9.17, 15) is 0 Å². The number of hydrogen-bond acceptors (Lipinski definition) is 1. The van der Waals surface area contributed by atoms with Crippen LogP contribution >= 0.6 is 0 Å². The highest BCUT2D eigenvalue weighted by atomic mass is 14.8. The minimum Gasteiger partial charge on any atom is -0.258 e. The molecule has 0 fully saturated rings. The molecule has 1 heteroatoms. The van der Waals surface area contributed by atoms with Gasteiger partial charge in [0.2, 0.25) is 0 Å². The Morgan fingerprint density at radius 3 is 1.94 bits per heavy atom. The van der Waals surface area contributed by atoms with E-state index in [4.69, 9.17) is 4.99 Å². The summed E-state index contributed by atoms with van der Waals surface area (Å²) in [4.78, 5) is 4.80. The molecule has 0 radical (unpaired) electrons. The molecule has 0 aromatic carbocycles. The highest BCUT2D eigenvalue weighted by Crippen LogP contribution is 2.14. The monoisotopic (exact) mass is 233 g/mol. The number of hydrogen-bond donors (Lipinski definition) is 0. The third kappa shape index (κ3) is 5.67. The molecular weight excluding hydrogens is 206 g/mol. The highest BCUT2D eigenvalue weighted by molar-refractivity contribution is 6.00. The SMILES string of the molecule is C\C=C(C)/C=C(C)\C(CC)=N\C(CC)=C(C)C. The lowest BCUT2D eigenvalue weighted by Gasteiger charge is -2.08. The molecule has 0 aliphatic heterocycles. The molecule has 0 N–H and O–H groups in total. The minimum atomic E-state index is 0.982. The summed E-state index contributed by atoms with van der Waals surface area (Å²) in [5.74, 6) is 0. The summed E-state index contributed by atoms with van der Waals surface area (Å²) in [7, 11) is 0. The fourth-order valence-electron chi connectivity index (χ4n) is 1.66. The molecule has 0 saturated carbocycles. The highest BCUT2D eigenvalue weighted by Gasteiger charge is 2.02. The summed E-state index contributed by atoms with van der Waals surface area (Å²) >= 11 is 0. The lowest BCUT2D eigenvalue weighted by molar-refractivity contribution is 1.01. The molecule has 96 valence electrons. The first-order valence-electron chi connectivity index (χ1n) is 6.51. The number of allylic oxidation sites excluding steroid dienone is 6. The van der Waals surface area contributed by atoms with Crippen molar-refractivity contribution < 1.29 is 0 Å². The van der Waals surface area contributed by atoms with Crippen molar-refractivity contribution in [2.45, 2.75) is 61.3 Å². The molecule has 0 saturated heterocycles. The van der Waals surface area contributed by atoms with Crippen molar-refractivity contribution in [3.05, 3.63) is 34.6 Å². The van der Waals surface area contributed by atoms with Gasteiger partial charge in [-0.1, -0.05) is 37.1 Å². The van der Waals surface area contributed by atoms with E-state index < -0.39 is 0 Å². The van der Waals surface area contributed by atoms with Crippen LogP contribution < -0.4 is 0 Å². The summed E-state index contributed by atoms with van der Waals surface area (Å²) in [6.45, 7) is 14.9. The van der Waals surface area contributed by atoms with Gasteiger partial charge in [0.05, 0.1) is 0 Å². The van der Waals surface area contributed by atoms with Gasteiger partial charge in [0, 0.05) is 11.4 Å². The van der Waals surface area contributed by atoms with Gasteiger partial charge in [-0.15, -0.1) is 0 Å². The molecular formula is C16H27N. The Balaban J connectivity index is 5.29. The Morgan fingerprint density at radius 2 is 1.59 bits per heavy atom. The van der Waals surface area contributed by atoms with Gasteiger partial charge in [0.25, 0.3) is 0 Å². The van der Waals surface area contributed by atoms with Crippen LogP contribution in [0, 0.1) is 0 Å². The summed E-state index contributed by atoms with van der Waals surface area (Å²) in [5, 5.41) is 0. The zero-order valence-corrected chi connectivity index (χ0v) is 12.5. The first-order chi connectivity index (χ1) is 7.96. The smallest absolute Gasteiger partial charge is 0.0433 e. The van der Waals surface area contributed by atoms with Crippen LogP contribution in [-0.4, -0.2) is 5.71 Å². The second-order valence-electron chi connectivity index (χ2n) is 4.57. The van der Waals surface area contributed by atoms with Crippen molar-refractivity contribution in [1.29, 1.82) is 0 Å². The van der Waals surface area contributed by atoms with Crippen molar-refractivity contribution in [2.75, 3.05) is 0 Å². The van der Waals surface area contributed by atoms with Crippen LogP contribution in [0.3, 0.4) is 0 Å². The molecule has 1 nitrogen and oxygen atoms in total. The topological polar surface area (TPSA) is 12.4 Å². The summed E-state index contributed by atoms with van der Waals surface area (Å²) in [5.41, 5.74) is 6.29. The second kappa shape index (κ2) is 8.05. The first-order valence-corrected chi connectivity index (χ1v) is 6.51. The molecule has 17 heavy (non-hydrogen) atoms. The number of rotatable bonds is 5. The molecule has 0 atom stereocenters. The Bertz CT molecular complexity index is 361. The van der Waals surface area contributed by atoms with E-state index in [1.807, 2.05) is 0 Å². The maximum absolute atomic E-state index is 4.80. The number of aliphatic imine (C=N–C) groups is 1. The van der Waals surface area contributed by atoms with Gasteiger partial charge in [-0.3, -0.25) is 4.99 Å². The fraction of sp³-hybridized carbons (Fsp3) is 0.562. The maximum Gasteiger partial charge on any atom is 0.0433 e. The molecule has 0 bridgehead atoms. The fourth-order valence-corrected chi connectivity index (χ4v) is 1.66. The molecule has 0 unspecified atom stereocenters. The molecule has 0 amide bonds. The largest absolute Gasteiger partial charge is 0.258 e. The summed E-state index contributed by atoms with van der Waals surface area (Å²) < 4.78 is 0. The molecule has 0 spiro atoms. The Hall–Kier alpha value is -1.11. The normalized spacial score (nSPS) is 13.9. The van der Waals surface area contributed by atoms with Gasteiger partial charge in [-0.05, 0) is 53.0 Å². The van der Waals surface area contributed by atoms with Crippen LogP contribution in [0.1, 0.15) is 61.3 Å². The zero-order chi connectivity index (χ0) is 13.4. The molecule has 0 aromatic rings. The Kier molecular flexibility index (Phi) is 7.53. The van der Waals surface area contributed by atoms with Crippen molar-refractivity contribution in [2.24, 2.45) is 4.99 Å². The van der Waals surface area contributed by atoms with E-state index >= 15 is 0 Å². The van der Waals surface area contributed by atoms with E-state index in [1.165, 1.54) is 28.1 Å². The molecule has 0 heterocycles. The van der Waals surface area contributed by atoms with Crippen LogP contribution in [0.15, 0.2) is 39.6 Å². The van der Waals surface area contributed by atoms with Crippen molar-refractivity contribution in [3.63, 3.8) is 0 Å². The van der Waals surface area contributed by atoms with E-state index in [1.54, 1.807) is 0 Å². The lowest BCUT2D eigenvalue weighted by Crippen LogP contribution is -2.00. The predicted molar refractivity (Wildman–Crippen MR) is 79.6 cm³/mol. The number of nitrogens with zero attached hydrogens (tertiary/aromatic N) is 1. The minimum absolute atomic E-state index is 0.982. The van der Waals surface area contributed by atoms with E-state index in [2.05, 4.69) is 60.6 Å². The van der Waals surface area contributed by atoms with Crippen LogP contribution in [0.25, 0.3) is 0 Å². The van der Waals surface area contributed by atoms with Gasteiger partial charge < -0.3 is 0 Å². The Morgan fingerprint density at radius 1 is 1.00 bits per heavy atom. The molecule has 0 aliphatic rings. The van der Waals surface area contributed by atoms with Gasteiger partial charge in [-0.25, -0.2) is 0 Å². The van der Waals surface area contributed by atoms with E-state index in [0.29, 0.717) is 0 Å². The third-order valence-corrected chi connectivity index (χ3v) is 2.87. The van der Waals surface area contributed by atoms with Crippen molar-refractivity contribution in [1.82, 2.24) is 0 Å². The molecule has 0 aromatic heterocycles. The van der Waals surface area contributed by atoms with E-state index in [-0.39, 0.29) is 0 Å². The van der Waals surface area contributed by atoms with Crippen molar-refractivity contribution >= 4 is 5.71 Å². The standard InChI is InChI=1S/C16H27N/c1-8-13(6)11-14(7)16(10-3)17-15(9-2)12(4)5/h8,11H,9-10H2,1-7H3/b13-8-,14-11-,17-16+. The van der Waals surface area contributed by atoms with Gasteiger partial charge in [0.15, 0.2) is 0 Å². The van der Waals surface area contributed by atoms with Crippen molar-refractivity contribution in [3.8, 4) is 0 Å². The van der Waals surface area contributed by atoms with E-state index in [0.717, 1.165) is 12.8 Å². The average molecular weight is 233 g/mol. The summed E-state index contributed by atoms with van der Waals surface area (Å²) in [6, 6.07) is 0. The van der Waals surface area contributed by atoms with Crippen LogP contribution in [0.4, 0.5) is 0 Å². The zero-order valence-electron chi connectivity index (χ0n) is 12.5. The first kappa shape index (κ1) is 15.9. The summed E-state index contributed by atoms with van der Waals surface area (Å²) in [6.07, 6.45) is 6.32. The molecule has 0 rings (SSSR count). The Labute approximate surface area is 107 Å². The van der Waals surface area contributed by atoms with Gasteiger partial charge >= 0.3 is 0 Å². The van der Waals surface area contributed by atoms with Crippen LogP contribution in [-0.2, 0) is 0 Å². The van der Waals surface area contributed by atoms with Gasteiger partial charge in [-0.2, -0.15) is 0 Å². The van der Waals surface area contributed by atoms with Gasteiger partial charge in [0.1, 0.15) is 0 Å². The maximum atomic E-state index is 4.80.